The van der Waals surface area contributed by atoms with Gasteiger partial charge in [0.15, 0.2) is 0 Å². The molecule has 2 saturated heterocycles. The van der Waals surface area contributed by atoms with E-state index in [0.29, 0.717) is 18.9 Å². The van der Waals surface area contributed by atoms with Crippen LogP contribution in [0.3, 0.4) is 0 Å². The predicted molar refractivity (Wildman–Crippen MR) is 142 cm³/mol. The van der Waals surface area contributed by atoms with E-state index in [4.69, 9.17) is 0 Å². The van der Waals surface area contributed by atoms with Crippen molar-refractivity contribution >= 4 is 25.9 Å². The molecule has 2 aromatic rings. The zero-order chi connectivity index (χ0) is 26.1. The highest BCUT2D eigenvalue weighted by atomic mass is 32.2. The lowest BCUT2D eigenvalue weighted by molar-refractivity contribution is 0.205. The first-order valence-corrected chi connectivity index (χ1v) is 15.3. The van der Waals surface area contributed by atoms with Crippen LogP contribution in [0.2, 0.25) is 0 Å². The topological polar surface area (TPSA) is 90.4 Å². The Hall–Kier alpha value is -2.27. The summed E-state index contributed by atoms with van der Waals surface area (Å²) in [6, 6.07) is 13.5. The summed E-state index contributed by atoms with van der Waals surface area (Å²) in [6.07, 6.45) is 1.57. The smallest absolute Gasteiger partial charge is 0.283 e. The molecule has 0 unspecified atom stereocenters. The Morgan fingerprint density at radius 1 is 0.833 bits per heavy atom. The highest BCUT2D eigenvalue weighted by Crippen LogP contribution is 2.30. The zero-order valence-electron chi connectivity index (χ0n) is 21.5. The fourth-order valence-electron chi connectivity index (χ4n) is 4.92. The number of amidine groups is 1. The van der Waals surface area contributed by atoms with Gasteiger partial charge in [-0.05, 0) is 70.0 Å². The van der Waals surface area contributed by atoms with E-state index in [1.54, 1.807) is 48.5 Å². The molecule has 0 saturated carbocycles. The lowest BCUT2D eigenvalue weighted by atomic mass is 10.1. The second kappa shape index (κ2) is 10.6. The van der Waals surface area contributed by atoms with Gasteiger partial charge in [-0.3, -0.25) is 4.90 Å². The maximum absolute atomic E-state index is 13.6. The first-order valence-electron chi connectivity index (χ1n) is 12.5. The molecule has 8 nitrogen and oxygen atoms in total. The number of likely N-dealkylation sites (tertiary alicyclic amines) is 1. The maximum atomic E-state index is 13.6. The number of aryl methyl sites for hydroxylation is 2. The molecule has 0 amide bonds. The minimum absolute atomic E-state index is 0.0846. The molecule has 2 aliphatic heterocycles. The summed E-state index contributed by atoms with van der Waals surface area (Å²) in [6.45, 7) is 10.5. The molecule has 4 rings (SSSR count). The van der Waals surface area contributed by atoms with Crippen LogP contribution in [0.15, 0.2) is 62.7 Å². The van der Waals surface area contributed by atoms with Crippen molar-refractivity contribution in [1.82, 2.24) is 14.1 Å². The Morgan fingerprint density at radius 3 is 1.89 bits per heavy atom. The van der Waals surface area contributed by atoms with E-state index in [2.05, 4.69) is 9.30 Å². The highest BCUT2D eigenvalue weighted by molar-refractivity contribution is 7.90. The van der Waals surface area contributed by atoms with E-state index in [1.165, 1.54) is 4.31 Å². The average Bonchev–Trinajstić information content (AvgIpc) is 3.49. The SMILES string of the molecule is Cc1ccc(S(=O)(=O)N=C(CN2CCCC2)N2CCN(S(=O)(=O)c3ccc(C)cc3)[C@@H]2C(C)C)cc1. The van der Waals surface area contributed by atoms with Gasteiger partial charge in [0, 0.05) is 13.1 Å². The van der Waals surface area contributed by atoms with Crippen LogP contribution in [-0.4, -0.2) is 75.7 Å². The number of nitrogens with zero attached hydrogens (tertiary/aromatic N) is 4. The van der Waals surface area contributed by atoms with Crippen LogP contribution in [0, 0.1) is 19.8 Å². The molecular formula is C26H36N4O4S2. The first kappa shape index (κ1) is 26.8. The molecule has 196 valence electrons. The third-order valence-corrected chi connectivity index (χ3v) is 10.0. The Labute approximate surface area is 215 Å². The van der Waals surface area contributed by atoms with Gasteiger partial charge in [0.2, 0.25) is 10.0 Å². The molecule has 2 aromatic carbocycles. The Kier molecular flexibility index (Phi) is 7.89. The van der Waals surface area contributed by atoms with Gasteiger partial charge in [-0.15, -0.1) is 4.40 Å². The second-order valence-corrected chi connectivity index (χ2v) is 13.6. The van der Waals surface area contributed by atoms with Crippen molar-refractivity contribution in [3.8, 4) is 0 Å². The molecule has 0 aromatic heterocycles. The largest absolute Gasteiger partial charge is 0.340 e. The van der Waals surface area contributed by atoms with Gasteiger partial charge in [-0.1, -0.05) is 49.2 Å². The minimum atomic E-state index is -3.96. The quantitative estimate of drug-likeness (QED) is 0.401. The molecule has 2 heterocycles. The number of sulfonamides is 2. The fourth-order valence-corrected chi connectivity index (χ4v) is 7.66. The molecule has 0 spiro atoms. The summed E-state index contributed by atoms with van der Waals surface area (Å²) in [5, 5.41) is 0. The Balaban J connectivity index is 1.73. The predicted octanol–water partition coefficient (Wildman–Crippen LogP) is 3.48. The summed E-state index contributed by atoms with van der Waals surface area (Å²) in [5.41, 5.74) is 1.95. The van der Waals surface area contributed by atoms with Gasteiger partial charge < -0.3 is 4.90 Å². The summed E-state index contributed by atoms with van der Waals surface area (Å²) in [7, 11) is -7.73. The van der Waals surface area contributed by atoms with Gasteiger partial charge >= 0.3 is 0 Å². The molecular weight excluding hydrogens is 496 g/mol. The fraction of sp³-hybridized carbons (Fsp3) is 0.500. The minimum Gasteiger partial charge on any atom is -0.340 e. The van der Waals surface area contributed by atoms with Crippen molar-refractivity contribution in [3.63, 3.8) is 0 Å². The molecule has 1 atom stereocenters. The number of hydrogen-bond donors (Lipinski definition) is 0. The molecule has 0 bridgehead atoms. The first-order chi connectivity index (χ1) is 17.0. The number of rotatable bonds is 7. The van der Waals surface area contributed by atoms with E-state index in [0.717, 1.165) is 37.1 Å². The normalized spacial score (nSPS) is 20.5. The van der Waals surface area contributed by atoms with E-state index >= 15 is 0 Å². The number of hydrogen-bond acceptors (Lipinski definition) is 5. The molecule has 2 fully saturated rings. The standard InChI is InChI=1S/C26H36N4O4S2/c1-20(2)26-29(17-18-30(26)36(33,34)24-13-9-22(4)10-14-24)25(19-28-15-5-6-16-28)27-35(31,32)23-11-7-21(3)8-12-23/h7-14,20,26H,5-6,15-19H2,1-4H3/t26-/m1/s1. The van der Waals surface area contributed by atoms with Crippen molar-refractivity contribution in [2.45, 2.75) is 56.5 Å². The Bertz CT molecular complexity index is 1300. The van der Waals surface area contributed by atoms with Crippen molar-refractivity contribution in [1.29, 1.82) is 0 Å². The maximum Gasteiger partial charge on any atom is 0.283 e. The summed E-state index contributed by atoms with van der Waals surface area (Å²) in [4.78, 5) is 4.46. The highest BCUT2D eigenvalue weighted by Gasteiger charge is 2.43. The molecule has 0 aliphatic carbocycles. The summed E-state index contributed by atoms with van der Waals surface area (Å²) in [5.74, 6) is 0.316. The van der Waals surface area contributed by atoms with Gasteiger partial charge in [-0.25, -0.2) is 8.42 Å². The van der Waals surface area contributed by atoms with Crippen LogP contribution >= 0.6 is 0 Å². The van der Waals surface area contributed by atoms with Crippen LogP contribution in [0.5, 0.6) is 0 Å². The van der Waals surface area contributed by atoms with E-state index in [-0.39, 0.29) is 22.3 Å². The van der Waals surface area contributed by atoms with Crippen molar-refractivity contribution in [2.24, 2.45) is 10.3 Å². The van der Waals surface area contributed by atoms with Gasteiger partial charge in [-0.2, -0.15) is 12.7 Å². The van der Waals surface area contributed by atoms with E-state index in [1.807, 2.05) is 32.6 Å². The van der Waals surface area contributed by atoms with Crippen LogP contribution in [0.25, 0.3) is 0 Å². The van der Waals surface area contributed by atoms with E-state index < -0.39 is 26.2 Å². The third kappa shape index (κ3) is 5.66. The molecule has 0 N–H and O–H groups in total. The van der Waals surface area contributed by atoms with Crippen molar-refractivity contribution in [3.05, 3.63) is 59.7 Å². The number of benzene rings is 2. The summed E-state index contributed by atoms with van der Waals surface area (Å²) < 4.78 is 59.8. The molecule has 0 radical (unpaired) electrons. The zero-order valence-corrected chi connectivity index (χ0v) is 23.1. The van der Waals surface area contributed by atoms with Gasteiger partial charge in [0.1, 0.15) is 5.84 Å². The van der Waals surface area contributed by atoms with Crippen molar-refractivity contribution < 1.29 is 16.8 Å². The van der Waals surface area contributed by atoms with Crippen LogP contribution in [0.1, 0.15) is 37.8 Å². The average molecular weight is 533 g/mol. The van der Waals surface area contributed by atoms with Gasteiger partial charge in [0.05, 0.1) is 22.5 Å². The van der Waals surface area contributed by atoms with Crippen LogP contribution in [0.4, 0.5) is 0 Å². The van der Waals surface area contributed by atoms with Gasteiger partial charge in [0.25, 0.3) is 10.0 Å². The van der Waals surface area contributed by atoms with E-state index in [9.17, 15) is 16.8 Å². The van der Waals surface area contributed by atoms with Crippen LogP contribution < -0.4 is 0 Å². The molecule has 36 heavy (non-hydrogen) atoms. The monoisotopic (exact) mass is 532 g/mol. The lowest BCUT2D eigenvalue weighted by Crippen LogP contribution is -2.50. The van der Waals surface area contributed by atoms with Crippen molar-refractivity contribution in [2.75, 3.05) is 32.7 Å². The third-order valence-electron chi connectivity index (χ3n) is 6.84. The lowest BCUT2D eigenvalue weighted by Gasteiger charge is -2.35. The van der Waals surface area contributed by atoms with Crippen LogP contribution in [-0.2, 0) is 20.0 Å². The molecule has 10 heteroatoms. The second-order valence-electron chi connectivity index (χ2n) is 10.1. The Morgan fingerprint density at radius 2 is 1.36 bits per heavy atom. The molecule has 2 aliphatic rings. The summed E-state index contributed by atoms with van der Waals surface area (Å²) >= 11 is 0.